The molecule has 5 rings (SSSR count). The Morgan fingerprint density at radius 1 is 0.621 bits per heavy atom. The largest absolute Gasteiger partial charge is 0.465 e. The van der Waals surface area contributed by atoms with Crippen LogP contribution in [0.1, 0.15) is 86.8 Å². The third kappa shape index (κ3) is 31.2. The number of unbranched alkanes of at least 4 members (excludes halogenated alkanes) is 1. The van der Waals surface area contributed by atoms with Crippen LogP contribution in [0.2, 0.25) is 0 Å². The number of ether oxygens (including phenoxy) is 12. The van der Waals surface area contributed by atoms with Crippen molar-refractivity contribution in [2.24, 2.45) is 5.84 Å². The van der Waals surface area contributed by atoms with Gasteiger partial charge in [0, 0.05) is 50.3 Å². The van der Waals surface area contributed by atoms with Gasteiger partial charge in [-0.2, -0.15) is 5.10 Å². The van der Waals surface area contributed by atoms with E-state index in [-0.39, 0.29) is 112 Å². The molecule has 0 aliphatic carbocycles. The number of nitrogens with two attached hydrogens (primary N) is 1. The highest BCUT2D eigenvalue weighted by Crippen LogP contribution is 2.31. The molecule has 1 fully saturated rings. The van der Waals surface area contributed by atoms with E-state index in [0.717, 1.165) is 11.1 Å². The molecule has 1 atom stereocenters. The van der Waals surface area contributed by atoms with E-state index >= 15 is 0 Å². The molecular weight excluding hydrogens is 1250 g/mol. The quantitative estimate of drug-likeness (QED) is 0.0158. The van der Waals surface area contributed by atoms with Crippen LogP contribution in [0.5, 0.6) is 0 Å². The molecule has 7 N–H and O–H groups in total. The fourth-order valence-electron chi connectivity index (χ4n) is 9.33. The zero-order valence-corrected chi connectivity index (χ0v) is 55.5. The number of piperazine rings is 1. The average Bonchev–Trinajstić information content (AvgIpc) is 1.65. The van der Waals surface area contributed by atoms with Gasteiger partial charge in [0.1, 0.15) is 24.1 Å². The average molecular weight is 1350 g/mol. The molecule has 32 nitrogen and oxygen atoms in total. The van der Waals surface area contributed by atoms with Gasteiger partial charge in [-0.3, -0.25) is 29.4 Å². The highest BCUT2D eigenvalue weighted by Gasteiger charge is 2.40. The van der Waals surface area contributed by atoms with Crippen molar-refractivity contribution in [1.29, 1.82) is 0 Å². The van der Waals surface area contributed by atoms with E-state index in [1.165, 1.54) is 23.0 Å². The van der Waals surface area contributed by atoms with Crippen LogP contribution in [0.25, 0.3) is 16.9 Å². The van der Waals surface area contributed by atoms with Gasteiger partial charge in [0.25, 0.3) is 17.7 Å². The van der Waals surface area contributed by atoms with Gasteiger partial charge in [0.15, 0.2) is 11.3 Å². The summed E-state index contributed by atoms with van der Waals surface area (Å²) in [5.41, 5.74) is 3.97. The van der Waals surface area contributed by atoms with Crippen LogP contribution in [-0.2, 0) is 83.2 Å². The van der Waals surface area contributed by atoms with Gasteiger partial charge in [0.2, 0.25) is 11.8 Å². The van der Waals surface area contributed by atoms with Gasteiger partial charge in [-0.1, -0.05) is 26.0 Å². The maximum absolute atomic E-state index is 14.1. The Morgan fingerprint density at radius 3 is 1.59 bits per heavy atom. The molecule has 4 heterocycles. The molecule has 1 aliphatic rings. The molecule has 6 amide bonds. The Labute approximate surface area is 553 Å². The number of rotatable bonds is 51. The molecule has 532 valence electrons. The van der Waals surface area contributed by atoms with Crippen LogP contribution in [0.15, 0.2) is 42.7 Å². The van der Waals surface area contributed by atoms with Crippen molar-refractivity contribution in [3.63, 3.8) is 0 Å². The van der Waals surface area contributed by atoms with E-state index in [2.05, 4.69) is 47.0 Å². The maximum Gasteiger partial charge on any atom is 0.404 e. The number of carbonyl (C=O) groups is 6. The molecule has 0 saturated carbocycles. The number of benzene rings is 1. The van der Waals surface area contributed by atoms with Crippen LogP contribution >= 0.6 is 0 Å². The van der Waals surface area contributed by atoms with Crippen molar-refractivity contribution in [3.8, 4) is 11.3 Å². The van der Waals surface area contributed by atoms with Gasteiger partial charge < -0.3 is 87.7 Å². The number of nitrogens with one attached hydrogen (secondary N) is 4. The van der Waals surface area contributed by atoms with Crippen molar-refractivity contribution < 1.29 is 95.1 Å². The molecule has 0 radical (unpaired) electrons. The summed E-state index contributed by atoms with van der Waals surface area (Å²) in [7, 11) is 0. The van der Waals surface area contributed by atoms with Gasteiger partial charge >= 0.3 is 6.09 Å². The number of nitrogens with zero attached hydrogens (tertiary/aromatic N) is 8. The standard InChI is InChI=1S/C62H98FN13O19/c1-61(2,3)49-42-51(47-9-11-48(63)12-10-47)71-76-44-52(68-56(49)76)59(81)75-17-16-73(46-62(75,4)5)58(80)53-43-74(72-70-53)45-55(78)65-15-19-85-21-23-87-25-27-89-29-31-91-33-35-93-37-39-95-41-40-94-38-36-92-34-32-90-30-28-88-26-24-86-22-20-84-18-13-54(77)67-50(57(79)69-64)8-6-7-14-66-60(82)83/h9-12,42-44,50,66H,6-8,13-41,45-46,64H2,1-5H3,(H,65,78)(H,67,77)(H,69,79)(H,82,83)/t50-/m1/s1. The molecule has 0 bridgehead atoms. The van der Waals surface area contributed by atoms with E-state index < -0.39 is 23.6 Å². The van der Waals surface area contributed by atoms with Gasteiger partial charge in [-0.15, -0.1) is 5.10 Å². The zero-order valence-electron chi connectivity index (χ0n) is 55.5. The smallest absolute Gasteiger partial charge is 0.404 e. The maximum atomic E-state index is 14.1. The Hall–Kier alpha value is -6.99. The molecule has 3 aromatic heterocycles. The van der Waals surface area contributed by atoms with Crippen molar-refractivity contribution in [2.45, 2.75) is 83.8 Å². The lowest BCUT2D eigenvalue weighted by Gasteiger charge is -2.46. The van der Waals surface area contributed by atoms with Crippen molar-refractivity contribution in [3.05, 3.63) is 65.5 Å². The highest BCUT2D eigenvalue weighted by molar-refractivity contribution is 5.95. The van der Waals surface area contributed by atoms with E-state index in [1.54, 1.807) is 32.6 Å². The molecule has 0 unspecified atom stereocenters. The van der Waals surface area contributed by atoms with Crippen LogP contribution in [0, 0.1) is 5.82 Å². The molecule has 0 spiro atoms. The molecule has 1 aromatic carbocycles. The molecule has 1 aliphatic heterocycles. The number of hydrogen-bond donors (Lipinski definition) is 6. The molecule has 95 heavy (non-hydrogen) atoms. The van der Waals surface area contributed by atoms with E-state index in [1.807, 2.05) is 25.3 Å². The van der Waals surface area contributed by atoms with Crippen LogP contribution in [-0.4, -0.2) is 283 Å². The second-order valence-electron chi connectivity index (χ2n) is 23.2. The fourth-order valence-corrected chi connectivity index (χ4v) is 9.33. The first-order chi connectivity index (χ1) is 45.9. The number of fused-ring (bicyclic) bond motifs is 1. The molecule has 4 aromatic rings. The number of aromatic nitrogens is 6. The Kier molecular flexibility index (Phi) is 37.0. The third-order valence-electron chi connectivity index (χ3n) is 14.2. The van der Waals surface area contributed by atoms with Crippen LogP contribution < -0.4 is 27.2 Å². The summed E-state index contributed by atoms with van der Waals surface area (Å²) in [6, 6.07) is 7.19. The third-order valence-corrected chi connectivity index (χ3v) is 14.2. The summed E-state index contributed by atoms with van der Waals surface area (Å²) in [5.74, 6) is 2.96. The predicted molar refractivity (Wildman–Crippen MR) is 340 cm³/mol. The van der Waals surface area contributed by atoms with Crippen molar-refractivity contribution in [1.82, 2.24) is 60.8 Å². The van der Waals surface area contributed by atoms with Gasteiger partial charge in [0.05, 0.1) is 182 Å². The highest BCUT2D eigenvalue weighted by atomic mass is 19.1. The zero-order chi connectivity index (χ0) is 68.5. The summed E-state index contributed by atoms with van der Waals surface area (Å²) in [4.78, 5) is 83.2. The lowest BCUT2D eigenvalue weighted by Crippen LogP contribution is -2.62. The molecule has 33 heteroatoms. The second kappa shape index (κ2) is 44.7. The lowest BCUT2D eigenvalue weighted by molar-refractivity contribution is -0.129. The monoisotopic (exact) mass is 1350 g/mol. The van der Waals surface area contributed by atoms with E-state index in [9.17, 15) is 33.2 Å². The lowest BCUT2D eigenvalue weighted by atomic mass is 9.87. The topological polar surface area (TPSA) is 375 Å². The second-order valence-corrected chi connectivity index (χ2v) is 23.2. The number of imidazole rings is 1. The van der Waals surface area contributed by atoms with Gasteiger partial charge in [-0.25, -0.2) is 29.2 Å². The number of carboxylic acid groups (broad SMARTS) is 1. The summed E-state index contributed by atoms with van der Waals surface area (Å²) >= 11 is 0. The first kappa shape index (κ1) is 78.7. The Balaban J connectivity index is 0.732. The van der Waals surface area contributed by atoms with E-state index in [4.69, 9.17) is 77.9 Å². The number of carbonyl (C=O) groups excluding carboxylic acids is 5. The number of halogens is 1. The summed E-state index contributed by atoms with van der Waals surface area (Å²) < 4.78 is 82.7. The van der Waals surface area contributed by atoms with E-state index in [0.29, 0.717) is 169 Å². The van der Waals surface area contributed by atoms with Crippen LogP contribution in [0.3, 0.4) is 0 Å². The Bertz CT molecular complexity index is 2880. The normalized spacial score (nSPS) is 13.5. The summed E-state index contributed by atoms with van der Waals surface area (Å²) in [5, 5.41) is 29.0. The molecule has 1 saturated heterocycles. The van der Waals surface area contributed by atoms with Gasteiger partial charge in [-0.05, 0) is 68.9 Å². The minimum atomic E-state index is -1.12. The van der Waals surface area contributed by atoms with Crippen molar-refractivity contribution >= 4 is 41.3 Å². The van der Waals surface area contributed by atoms with Crippen molar-refractivity contribution in [2.75, 3.05) is 191 Å². The predicted octanol–water partition coefficient (Wildman–Crippen LogP) is 1.42. The molecular formula is C62H98FN13O19. The summed E-state index contributed by atoms with van der Waals surface area (Å²) in [6.45, 7) is 20.2. The number of amides is 6. The first-order valence-corrected chi connectivity index (χ1v) is 32.0. The van der Waals surface area contributed by atoms with Crippen LogP contribution in [0.4, 0.5) is 9.18 Å². The minimum Gasteiger partial charge on any atom is -0.465 e. The fraction of sp³-hybridized carbons (Fsp3) is 0.677. The number of hydrogen-bond acceptors (Lipinski definition) is 23. The Morgan fingerprint density at radius 2 is 1.12 bits per heavy atom. The SMILES string of the molecule is CC(C)(C)c1cc(-c2ccc(F)cc2)nn2cc(C(=O)N3CCN(C(=O)c4cn(CC(=O)NCCOCCOCCOCCOCCOCCOCCOCCOCCOCCOCCOCCOCCC(=O)N[C@H](CCCCNC(=O)O)C(=O)NN)nn4)CC3(C)C)nc12. The minimum absolute atomic E-state index is 0.0472. The summed E-state index contributed by atoms with van der Waals surface area (Å²) in [6.07, 6.45) is 3.30. The number of hydrazine groups is 1. The first-order valence-electron chi connectivity index (χ1n) is 32.0.